The molecule has 2 saturated carbocycles. The molecule has 0 aromatic carbocycles. The first-order valence-electron chi connectivity index (χ1n) is 7.62. The minimum Gasteiger partial charge on any atom is -0.396 e. The summed E-state index contributed by atoms with van der Waals surface area (Å²) in [6, 6.07) is 0.216. The predicted molar refractivity (Wildman–Crippen MR) is 72.1 cm³/mol. The van der Waals surface area contributed by atoms with Gasteiger partial charge in [0.05, 0.1) is 0 Å². The van der Waals surface area contributed by atoms with Crippen molar-refractivity contribution in [1.29, 1.82) is 0 Å². The highest BCUT2D eigenvalue weighted by Gasteiger charge is 2.30. The molecule has 2 rings (SSSR count). The van der Waals surface area contributed by atoms with E-state index in [1.807, 2.05) is 0 Å². The van der Waals surface area contributed by atoms with Crippen LogP contribution in [0.5, 0.6) is 0 Å². The molecule has 0 spiro atoms. The zero-order valence-electron chi connectivity index (χ0n) is 11.5. The fraction of sp³-hybridized carbons (Fsp3) is 0.933. The predicted octanol–water partition coefficient (Wildman–Crippen LogP) is 2.48. The maximum absolute atomic E-state index is 12.3. The zero-order chi connectivity index (χ0) is 13.0. The SMILES string of the molecule is CC1CCCC(C(=O)NC2CCCCC2CO)C1. The van der Waals surface area contributed by atoms with E-state index >= 15 is 0 Å². The molecule has 3 nitrogen and oxygen atoms in total. The van der Waals surface area contributed by atoms with Gasteiger partial charge in [0.2, 0.25) is 5.91 Å². The molecule has 104 valence electrons. The quantitative estimate of drug-likeness (QED) is 0.812. The van der Waals surface area contributed by atoms with E-state index in [1.54, 1.807) is 0 Å². The summed E-state index contributed by atoms with van der Waals surface area (Å²) in [4.78, 5) is 12.3. The summed E-state index contributed by atoms with van der Waals surface area (Å²) < 4.78 is 0. The molecule has 0 aromatic heterocycles. The summed E-state index contributed by atoms with van der Waals surface area (Å²) in [6.07, 6.45) is 9.02. The number of hydrogen-bond acceptors (Lipinski definition) is 2. The first-order valence-corrected chi connectivity index (χ1v) is 7.62. The van der Waals surface area contributed by atoms with Crippen molar-refractivity contribution in [2.45, 2.75) is 64.3 Å². The first-order chi connectivity index (χ1) is 8.70. The van der Waals surface area contributed by atoms with Gasteiger partial charge in [0.1, 0.15) is 0 Å². The van der Waals surface area contributed by atoms with E-state index < -0.39 is 0 Å². The molecule has 0 bridgehead atoms. The maximum atomic E-state index is 12.3. The Hall–Kier alpha value is -0.570. The third kappa shape index (κ3) is 3.47. The van der Waals surface area contributed by atoms with E-state index in [0.29, 0.717) is 5.92 Å². The molecule has 0 saturated heterocycles. The van der Waals surface area contributed by atoms with Crippen LogP contribution in [-0.4, -0.2) is 23.7 Å². The van der Waals surface area contributed by atoms with Gasteiger partial charge < -0.3 is 10.4 Å². The highest BCUT2D eigenvalue weighted by atomic mass is 16.3. The molecular formula is C15H27NO2. The Morgan fingerprint density at radius 3 is 2.67 bits per heavy atom. The van der Waals surface area contributed by atoms with Crippen molar-refractivity contribution in [3.63, 3.8) is 0 Å². The fourth-order valence-corrected chi connectivity index (χ4v) is 3.59. The highest BCUT2D eigenvalue weighted by molar-refractivity contribution is 5.79. The van der Waals surface area contributed by atoms with Crippen LogP contribution in [-0.2, 0) is 4.79 Å². The number of carbonyl (C=O) groups is 1. The van der Waals surface area contributed by atoms with Crippen LogP contribution in [0.2, 0.25) is 0 Å². The van der Waals surface area contributed by atoms with Gasteiger partial charge in [-0.3, -0.25) is 4.79 Å². The van der Waals surface area contributed by atoms with Crippen LogP contribution in [0, 0.1) is 17.8 Å². The second-order valence-electron chi connectivity index (χ2n) is 6.31. The first kappa shape index (κ1) is 13.9. The Balaban J connectivity index is 1.85. The van der Waals surface area contributed by atoms with Crippen LogP contribution in [0.25, 0.3) is 0 Å². The molecule has 2 N–H and O–H groups in total. The average Bonchev–Trinajstić information content (AvgIpc) is 2.39. The number of nitrogens with one attached hydrogen (secondary N) is 1. The van der Waals surface area contributed by atoms with E-state index in [2.05, 4.69) is 12.2 Å². The summed E-state index contributed by atoms with van der Waals surface area (Å²) in [5.74, 6) is 1.43. The molecule has 0 aromatic rings. The topological polar surface area (TPSA) is 49.3 Å². The van der Waals surface area contributed by atoms with Crippen LogP contribution in [0.15, 0.2) is 0 Å². The van der Waals surface area contributed by atoms with Crippen LogP contribution in [0.3, 0.4) is 0 Å². The second kappa shape index (κ2) is 6.55. The van der Waals surface area contributed by atoms with Crippen molar-refractivity contribution in [3.05, 3.63) is 0 Å². The smallest absolute Gasteiger partial charge is 0.223 e. The molecule has 4 atom stereocenters. The molecule has 0 radical (unpaired) electrons. The van der Waals surface area contributed by atoms with Crippen molar-refractivity contribution >= 4 is 5.91 Å². The summed E-state index contributed by atoms with van der Waals surface area (Å²) >= 11 is 0. The number of rotatable bonds is 3. The van der Waals surface area contributed by atoms with Crippen molar-refractivity contribution in [3.8, 4) is 0 Å². The average molecular weight is 253 g/mol. The Labute approximate surface area is 110 Å². The van der Waals surface area contributed by atoms with Crippen LogP contribution in [0.4, 0.5) is 0 Å². The number of carbonyl (C=O) groups excluding carboxylic acids is 1. The van der Waals surface area contributed by atoms with Gasteiger partial charge in [0.25, 0.3) is 0 Å². The number of hydrogen-bond donors (Lipinski definition) is 2. The molecule has 18 heavy (non-hydrogen) atoms. The monoisotopic (exact) mass is 253 g/mol. The fourth-order valence-electron chi connectivity index (χ4n) is 3.59. The Bertz CT molecular complexity index is 280. The van der Waals surface area contributed by atoms with Crippen LogP contribution >= 0.6 is 0 Å². The van der Waals surface area contributed by atoms with E-state index in [1.165, 1.54) is 25.7 Å². The normalized spacial score (nSPS) is 37.2. The molecule has 2 aliphatic carbocycles. The van der Waals surface area contributed by atoms with Crippen molar-refractivity contribution in [1.82, 2.24) is 5.32 Å². The summed E-state index contributed by atoms with van der Waals surface area (Å²) in [7, 11) is 0. The van der Waals surface area contributed by atoms with Gasteiger partial charge in [-0.15, -0.1) is 0 Å². The lowest BCUT2D eigenvalue weighted by atomic mass is 9.80. The van der Waals surface area contributed by atoms with E-state index in [0.717, 1.165) is 25.7 Å². The maximum Gasteiger partial charge on any atom is 0.223 e. The lowest BCUT2D eigenvalue weighted by Gasteiger charge is -2.33. The molecular weight excluding hydrogens is 226 g/mol. The molecule has 3 heteroatoms. The minimum atomic E-state index is 0.214. The number of aliphatic hydroxyl groups is 1. The molecule has 4 unspecified atom stereocenters. The van der Waals surface area contributed by atoms with Crippen molar-refractivity contribution < 1.29 is 9.90 Å². The third-order valence-corrected chi connectivity index (χ3v) is 4.78. The minimum absolute atomic E-state index is 0.214. The number of amides is 1. The lowest BCUT2D eigenvalue weighted by Crippen LogP contribution is -2.46. The standard InChI is InChI=1S/C15H27NO2/c1-11-5-4-7-12(9-11)15(18)16-14-8-3-2-6-13(14)10-17/h11-14,17H,2-10H2,1H3,(H,16,18). The van der Waals surface area contributed by atoms with Gasteiger partial charge in [0.15, 0.2) is 0 Å². The summed E-state index contributed by atoms with van der Waals surface area (Å²) in [5.41, 5.74) is 0. The van der Waals surface area contributed by atoms with Gasteiger partial charge in [0, 0.05) is 24.5 Å². The molecule has 0 aliphatic heterocycles. The van der Waals surface area contributed by atoms with Gasteiger partial charge in [-0.2, -0.15) is 0 Å². The van der Waals surface area contributed by atoms with Gasteiger partial charge in [-0.25, -0.2) is 0 Å². The Kier molecular flexibility index (Phi) is 5.04. The van der Waals surface area contributed by atoms with E-state index in [-0.39, 0.29) is 30.4 Å². The van der Waals surface area contributed by atoms with Gasteiger partial charge >= 0.3 is 0 Å². The van der Waals surface area contributed by atoms with Crippen molar-refractivity contribution in [2.75, 3.05) is 6.61 Å². The van der Waals surface area contributed by atoms with Crippen molar-refractivity contribution in [2.24, 2.45) is 17.8 Å². The van der Waals surface area contributed by atoms with Crippen LogP contribution in [0.1, 0.15) is 58.3 Å². The summed E-state index contributed by atoms with van der Waals surface area (Å²) in [6.45, 7) is 2.46. The lowest BCUT2D eigenvalue weighted by molar-refractivity contribution is -0.127. The Morgan fingerprint density at radius 1 is 1.17 bits per heavy atom. The third-order valence-electron chi connectivity index (χ3n) is 4.78. The molecule has 0 heterocycles. The summed E-state index contributed by atoms with van der Waals surface area (Å²) in [5, 5.41) is 12.6. The Morgan fingerprint density at radius 2 is 1.94 bits per heavy atom. The second-order valence-corrected chi connectivity index (χ2v) is 6.31. The van der Waals surface area contributed by atoms with E-state index in [9.17, 15) is 9.90 Å². The molecule has 2 aliphatic rings. The molecule has 2 fully saturated rings. The zero-order valence-corrected chi connectivity index (χ0v) is 11.5. The van der Waals surface area contributed by atoms with Gasteiger partial charge in [-0.05, 0) is 31.6 Å². The van der Waals surface area contributed by atoms with Crippen LogP contribution < -0.4 is 5.32 Å². The van der Waals surface area contributed by atoms with E-state index in [4.69, 9.17) is 0 Å². The van der Waals surface area contributed by atoms with Gasteiger partial charge in [-0.1, -0.05) is 32.6 Å². The molecule has 1 amide bonds. The number of aliphatic hydroxyl groups excluding tert-OH is 1. The highest BCUT2D eigenvalue weighted by Crippen LogP contribution is 2.30. The largest absolute Gasteiger partial charge is 0.396 e.